The van der Waals surface area contributed by atoms with Crippen molar-refractivity contribution in [1.29, 1.82) is 0 Å². The van der Waals surface area contributed by atoms with Gasteiger partial charge < -0.3 is 20.7 Å². The van der Waals surface area contributed by atoms with E-state index in [1.54, 1.807) is 6.07 Å². The molecule has 0 aliphatic carbocycles. The molecule has 1 heterocycles. The number of amides is 2. The Balaban J connectivity index is 1.81. The molecule has 4 N–H and O–H groups in total. The molecule has 0 saturated heterocycles. The predicted molar refractivity (Wildman–Crippen MR) is 130 cm³/mol. The minimum atomic E-state index is -1.71. The molecule has 0 fully saturated rings. The van der Waals surface area contributed by atoms with Gasteiger partial charge in [0, 0.05) is 12.0 Å². The van der Waals surface area contributed by atoms with Gasteiger partial charge in [0.2, 0.25) is 5.91 Å². The van der Waals surface area contributed by atoms with Crippen LogP contribution in [0.5, 0.6) is 0 Å². The van der Waals surface area contributed by atoms with E-state index in [1.165, 1.54) is 6.33 Å². The van der Waals surface area contributed by atoms with Crippen molar-refractivity contribution < 1.29 is 19.6 Å². The number of nitrogens with one attached hydrogen (secondary N) is 2. The molecule has 1 aromatic heterocycles. The zero-order valence-corrected chi connectivity index (χ0v) is 19.3. The highest BCUT2D eigenvalue weighted by Gasteiger charge is 2.30. The van der Waals surface area contributed by atoms with E-state index in [2.05, 4.69) is 20.6 Å². The molecule has 0 spiro atoms. The number of hydrogen-bond acceptors (Lipinski definition) is 6. The average Bonchev–Trinajstić information content (AvgIpc) is 2.84. The Kier molecular flexibility index (Phi) is 8.89. The van der Waals surface area contributed by atoms with Crippen LogP contribution in [-0.2, 0) is 11.2 Å². The number of rotatable bonds is 10. The van der Waals surface area contributed by atoms with Gasteiger partial charge in [0.15, 0.2) is 0 Å². The summed E-state index contributed by atoms with van der Waals surface area (Å²) in [7, 11) is -1.71. The Morgan fingerprint density at radius 3 is 2.21 bits per heavy atom. The molecule has 176 valence electrons. The van der Waals surface area contributed by atoms with E-state index in [-0.39, 0.29) is 18.0 Å². The third-order valence-corrected chi connectivity index (χ3v) is 5.29. The normalized spacial score (nSPS) is 12.6. The van der Waals surface area contributed by atoms with E-state index in [0.29, 0.717) is 12.1 Å². The molecule has 0 saturated carbocycles. The first kappa shape index (κ1) is 25.1. The van der Waals surface area contributed by atoms with Gasteiger partial charge in [-0.15, -0.1) is 0 Å². The van der Waals surface area contributed by atoms with Gasteiger partial charge in [-0.1, -0.05) is 74.5 Å². The summed E-state index contributed by atoms with van der Waals surface area (Å²) in [6, 6.07) is 19.3. The van der Waals surface area contributed by atoms with Crippen molar-refractivity contribution >= 4 is 18.9 Å². The van der Waals surface area contributed by atoms with Crippen molar-refractivity contribution in [2.45, 2.75) is 38.7 Å². The second-order valence-corrected chi connectivity index (χ2v) is 8.53. The molecule has 0 aliphatic rings. The van der Waals surface area contributed by atoms with Crippen LogP contribution in [0.25, 0.3) is 11.3 Å². The molecule has 2 aromatic carbocycles. The monoisotopic (exact) mass is 460 g/mol. The first-order valence-corrected chi connectivity index (χ1v) is 11.2. The van der Waals surface area contributed by atoms with Crippen LogP contribution in [0, 0.1) is 5.92 Å². The summed E-state index contributed by atoms with van der Waals surface area (Å²) in [4.78, 5) is 34.5. The molecule has 8 nitrogen and oxygen atoms in total. The maximum absolute atomic E-state index is 13.1. The number of carbonyl (C=O) groups is 2. The predicted octanol–water partition coefficient (Wildman–Crippen LogP) is 2.03. The molecule has 3 aromatic rings. The SMILES string of the molecule is CC(C)C[C@H](NC(=O)[C@H](Cc1ccccc1)NC(=O)c1cc(-c2ccccc2)ncn1)B(O)O. The van der Waals surface area contributed by atoms with Gasteiger partial charge >= 0.3 is 7.12 Å². The lowest BCUT2D eigenvalue weighted by Crippen LogP contribution is -2.55. The molecule has 0 radical (unpaired) electrons. The molecule has 9 heteroatoms. The van der Waals surface area contributed by atoms with E-state index in [1.807, 2.05) is 74.5 Å². The quantitative estimate of drug-likeness (QED) is 0.343. The Morgan fingerprint density at radius 2 is 1.59 bits per heavy atom. The van der Waals surface area contributed by atoms with Crippen LogP contribution >= 0.6 is 0 Å². The Bertz CT molecular complexity index is 1080. The molecule has 0 bridgehead atoms. The second kappa shape index (κ2) is 12.1. The molecule has 34 heavy (non-hydrogen) atoms. The summed E-state index contributed by atoms with van der Waals surface area (Å²) in [5, 5.41) is 24.9. The highest BCUT2D eigenvalue weighted by Crippen LogP contribution is 2.16. The molecule has 0 unspecified atom stereocenters. The maximum atomic E-state index is 13.1. The summed E-state index contributed by atoms with van der Waals surface area (Å²) in [5.74, 6) is -1.76. The van der Waals surface area contributed by atoms with Crippen molar-refractivity contribution in [3.8, 4) is 11.3 Å². The van der Waals surface area contributed by atoms with Crippen LogP contribution in [0.15, 0.2) is 73.1 Å². The Labute approximate surface area is 199 Å². The Hall–Kier alpha value is -3.56. The largest absolute Gasteiger partial charge is 0.475 e. The lowest BCUT2D eigenvalue weighted by Gasteiger charge is -2.24. The van der Waals surface area contributed by atoms with Crippen LogP contribution in [-0.4, -0.2) is 50.9 Å². The third-order valence-electron chi connectivity index (χ3n) is 5.29. The smallest absolute Gasteiger partial charge is 0.426 e. The first-order chi connectivity index (χ1) is 16.3. The summed E-state index contributed by atoms with van der Waals surface area (Å²) in [6.07, 6.45) is 1.91. The standard InChI is InChI=1S/C25H29BN4O4/c1-17(2)13-23(26(33)34)30-25(32)22(14-18-9-5-3-6-10-18)29-24(31)21-15-20(27-16-28-21)19-11-7-4-8-12-19/h3-12,15-17,22-23,33-34H,13-14H2,1-2H3,(H,29,31)(H,30,32)/t22-,23-/m0/s1. The molecular formula is C25H29BN4O4. The van der Waals surface area contributed by atoms with E-state index < -0.39 is 30.9 Å². The van der Waals surface area contributed by atoms with Crippen molar-refractivity contribution in [1.82, 2.24) is 20.6 Å². The molecule has 2 amide bonds. The lowest BCUT2D eigenvalue weighted by molar-refractivity contribution is -0.123. The highest BCUT2D eigenvalue weighted by atomic mass is 16.4. The summed E-state index contributed by atoms with van der Waals surface area (Å²) in [6.45, 7) is 3.84. The van der Waals surface area contributed by atoms with Gasteiger partial charge in [0.05, 0.1) is 11.6 Å². The summed E-state index contributed by atoms with van der Waals surface area (Å²) in [5.41, 5.74) is 2.40. The molecular weight excluding hydrogens is 431 g/mol. The van der Waals surface area contributed by atoms with Crippen molar-refractivity contribution in [2.24, 2.45) is 5.92 Å². The Morgan fingerprint density at radius 1 is 0.941 bits per heavy atom. The minimum Gasteiger partial charge on any atom is -0.426 e. The fourth-order valence-electron chi connectivity index (χ4n) is 3.59. The lowest BCUT2D eigenvalue weighted by atomic mass is 9.75. The van der Waals surface area contributed by atoms with Gasteiger partial charge in [-0.3, -0.25) is 9.59 Å². The van der Waals surface area contributed by atoms with Crippen LogP contribution < -0.4 is 10.6 Å². The van der Waals surface area contributed by atoms with Crippen molar-refractivity contribution in [3.05, 3.63) is 84.3 Å². The second-order valence-electron chi connectivity index (χ2n) is 8.53. The molecule has 0 aliphatic heterocycles. The highest BCUT2D eigenvalue weighted by molar-refractivity contribution is 6.43. The fraction of sp³-hybridized carbons (Fsp3) is 0.280. The average molecular weight is 460 g/mol. The van der Waals surface area contributed by atoms with Crippen molar-refractivity contribution in [2.75, 3.05) is 0 Å². The first-order valence-electron chi connectivity index (χ1n) is 11.2. The van der Waals surface area contributed by atoms with E-state index in [0.717, 1.165) is 11.1 Å². The zero-order chi connectivity index (χ0) is 24.5. The van der Waals surface area contributed by atoms with E-state index >= 15 is 0 Å². The number of benzene rings is 2. The number of aromatic nitrogens is 2. The van der Waals surface area contributed by atoms with Gasteiger partial charge in [-0.2, -0.15) is 0 Å². The number of carbonyl (C=O) groups excluding carboxylic acids is 2. The van der Waals surface area contributed by atoms with Crippen LogP contribution in [0.4, 0.5) is 0 Å². The van der Waals surface area contributed by atoms with Gasteiger partial charge in [0.25, 0.3) is 5.91 Å². The van der Waals surface area contributed by atoms with Crippen LogP contribution in [0.2, 0.25) is 0 Å². The molecule has 2 atom stereocenters. The van der Waals surface area contributed by atoms with E-state index in [4.69, 9.17) is 0 Å². The topological polar surface area (TPSA) is 124 Å². The fourth-order valence-corrected chi connectivity index (χ4v) is 3.59. The van der Waals surface area contributed by atoms with E-state index in [9.17, 15) is 19.6 Å². The van der Waals surface area contributed by atoms with Crippen LogP contribution in [0.1, 0.15) is 36.3 Å². The van der Waals surface area contributed by atoms with Crippen LogP contribution in [0.3, 0.4) is 0 Å². The zero-order valence-electron chi connectivity index (χ0n) is 19.3. The van der Waals surface area contributed by atoms with Gasteiger partial charge in [-0.25, -0.2) is 9.97 Å². The molecule has 3 rings (SSSR count). The maximum Gasteiger partial charge on any atom is 0.475 e. The number of hydrogen-bond donors (Lipinski definition) is 4. The summed E-state index contributed by atoms with van der Waals surface area (Å²) >= 11 is 0. The van der Waals surface area contributed by atoms with Gasteiger partial charge in [0.1, 0.15) is 18.1 Å². The van der Waals surface area contributed by atoms with Gasteiger partial charge in [-0.05, 0) is 24.0 Å². The summed E-state index contributed by atoms with van der Waals surface area (Å²) < 4.78 is 0. The minimum absolute atomic E-state index is 0.126. The third kappa shape index (κ3) is 7.23. The van der Waals surface area contributed by atoms with Crippen molar-refractivity contribution in [3.63, 3.8) is 0 Å². The number of nitrogens with zero attached hydrogens (tertiary/aromatic N) is 2.